The van der Waals surface area contributed by atoms with Gasteiger partial charge in [-0.2, -0.15) is 0 Å². The number of carbonyl (C=O) groups is 1. The molecular weight excluding hydrogens is 219 g/mol. The summed E-state index contributed by atoms with van der Waals surface area (Å²) in [5.41, 5.74) is 0.908. The summed E-state index contributed by atoms with van der Waals surface area (Å²) >= 11 is 0. The van der Waals surface area contributed by atoms with Crippen LogP contribution in [-0.4, -0.2) is 30.9 Å². The molecule has 0 radical (unpaired) electrons. The van der Waals surface area contributed by atoms with Gasteiger partial charge in [0, 0.05) is 20.1 Å². The normalized spacial score (nSPS) is 10.0. The highest BCUT2D eigenvalue weighted by Crippen LogP contribution is 2.05. The summed E-state index contributed by atoms with van der Waals surface area (Å²) in [7, 11) is 1.72. The van der Waals surface area contributed by atoms with Crippen LogP contribution in [0.1, 0.15) is 5.56 Å². The van der Waals surface area contributed by atoms with Crippen LogP contribution in [0.25, 0.3) is 0 Å². The SMILES string of the molecule is C=CCNCC(=O)N(C)Cc1ccc(F)cc1. The van der Waals surface area contributed by atoms with E-state index in [9.17, 15) is 9.18 Å². The molecule has 4 heteroatoms. The number of carbonyl (C=O) groups excluding carboxylic acids is 1. The van der Waals surface area contributed by atoms with Crippen LogP contribution in [0.2, 0.25) is 0 Å². The van der Waals surface area contributed by atoms with Crippen LogP contribution in [0.3, 0.4) is 0 Å². The molecule has 0 saturated heterocycles. The van der Waals surface area contributed by atoms with Crippen LogP contribution in [0, 0.1) is 5.82 Å². The number of nitrogens with one attached hydrogen (secondary N) is 1. The molecule has 0 unspecified atom stereocenters. The third kappa shape index (κ3) is 4.78. The first kappa shape index (κ1) is 13.4. The van der Waals surface area contributed by atoms with Crippen LogP contribution in [0.4, 0.5) is 4.39 Å². The molecule has 17 heavy (non-hydrogen) atoms. The van der Waals surface area contributed by atoms with Crippen molar-refractivity contribution in [2.24, 2.45) is 0 Å². The van der Waals surface area contributed by atoms with Gasteiger partial charge in [-0.1, -0.05) is 18.2 Å². The highest BCUT2D eigenvalue weighted by atomic mass is 19.1. The first-order valence-corrected chi connectivity index (χ1v) is 5.43. The molecular formula is C13H17FN2O. The van der Waals surface area contributed by atoms with E-state index in [4.69, 9.17) is 0 Å². The molecule has 0 aliphatic rings. The summed E-state index contributed by atoms with van der Waals surface area (Å²) in [6.45, 7) is 4.93. The van der Waals surface area contributed by atoms with Crippen LogP contribution in [-0.2, 0) is 11.3 Å². The fourth-order valence-electron chi connectivity index (χ4n) is 1.37. The minimum Gasteiger partial charge on any atom is -0.340 e. The molecule has 0 aliphatic carbocycles. The molecule has 0 aliphatic heterocycles. The Hall–Kier alpha value is -1.68. The average molecular weight is 236 g/mol. The van der Waals surface area contributed by atoms with Crippen LogP contribution in [0.15, 0.2) is 36.9 Å². The Morgan fingerprint density at radius 3 is 2.71 bits per heavy atom. The standard InChI is InChI=1S/C13H17FN2O/c1-3-8-15-9-13(17)16(2)10-11-4-6-12(14)7-5-11/h3-7,15H,1,8-10H2,2H3. The van der Waals surface area contributed by atoms with Gasteiger partial charge in [0.15, 0.2) is 0 Å². The Bertz CT molecular complexity index is 376. The molecule has 1 N–H and O–H groups in total. The van der Waals surface area contributed by atoms with E-state index in [1.807, 2.05) is 0 Å². The summed E-state index contributed by atoms with van der Waals surface area (Å²) in [5.74, 6) is -0.272. The third-order valence-corrected chi connectivity index (χ3v) is 2.32. The van der Waals surface area contributed by atoms with E-state index in [-0.39, 0.29) is 18.3 Å². The number of hydrogen-bond acceptors (Lipinski definition) is 2. The maximum absolute atomic E-state index is 12.7. The van der Waals surface area contributed by atoms with E-state index in [0.29, 0.717) is 13.1 Å². The largest absolute Gasteiger partial charge is 0.340 e. The van der Waals surface area contributed by atoms with Crippen molar-refractivity contribution in [3.05, 3.63) is 48.3 Å². The summed E-state index contributed by atoms with van der Waals surface area (Å²) < 4.78 is 12.7. The number of nitrogens with zero attached hydrogens (tertiary/aromatic N) is 1. The molecule has 0 spiro atoms. The Balaban J connectivity index is 2.42. The molecule has 92 valence electrons. The highest BCUT2D eigenvalue weighted by Gasteiger charge is 2.08. The molecule has 0 atom stereocenters. The zero-order valence-corrected chi connectivity index (χ0v) is 9.95. The van der Waals surface area contributed by atoms with E-state index in [1.54, 1.807) is 30.2 Å². The van der Waals surface area contributed by atoms with E-state index in [1.165, 1.54) is 12.1 Å². The van der Waals surface area contributed by atoms with Crippen molar-refractivity contribution in [2.45, 2.75) is 6.54 Å². The number of halogens is 1. The molecule has 0 aromatic heterocycles. The van der Waals surface area contributed by atoms with E-state index < -0.39 is 0 Å². The zero-order chi connectivity index (χ0) is 12.7. The summed E-state index contributed by atoms with van der Waals surface area (Å²) in [4.78, 5) is 13.2. The fraction of sp³-hybridized carbons (Fsp3) is 0.308. The third-order valence-electron chi connectivity index (χ3n) is 2.32. The van der Waals surface area contributed by atoms with Gasteiger partial charge in [-0.05, 0) is 17.7 Å². The van der Waals surface area contributed by atoms with Crippen molar-refractivity contribution in [3.8, 4) is 0 Å². The lowest BCUT2D eigenvalue weighted by Gasteiger charge is -2.17. The Morgan fingerprint density at radius 2 is 2.12 bits per heavy atom. The van der Waals surface area contributed by atoms with Gasteiger partial charge >= 0.3 is 0 Å². The van der Waals surface area contributed by atoms with Crippen molar-refractivity contribution in [1.82, 2.24) is 10.2 Å². The van der Waals surface area contributed by atoms with E-state index in [2.05, 4.69) is 11.9 Å². The number of amides is 1. The molecule has 1 rings (SSSR count). The van der Waals surface area contributed by atoms with Crippen LogP contribution in [0.5, 0.6) is 0 Å². The number of benzene rings is 1. The highest BCUT2D eigenvalue weighted by molar-refractivity contribution is 5.77. The van der Waals surface area contributed by atoms with Gasteiger partial charge in [0.05, 0.1) is 6.54 Å². The van der Waals surface area contributed by atoms with Crippen molar-refractivity contribution in [3.63, 3.8) is 0 Å². The molecule has 0 saturated carbocycles. The Morgan fingerprint density at radius 1 is 1.47 bits per heavy atom. The number of hydrogen-bond donors (Lipinski definition) is 1. The predicted octanol–water partition coefficient (Wildman–Crippen LogP) is 1.56. The van der Waals surface area contributed by atoms with Gasteiger partial charge in [-0.15, -0.1) is 6.58 Å². The van der Waals surface area contributed by atoms with Crippen molar-refractivity contribution in [2.75, 3.05) is 20.1 Å². The molecule has 1 aromatic rings. The lowest BCUT2D eigenvalue weighted by molar-refractivity contribution is -0.129. The first-order chi connectivity index (χ1) is 8.13. The van der Waals surface area contributed by atoms with Crippen molar-refractivity contribution in [1.29, 1.82) is 0 Å². The number of likely N-dealkylation sites (N-methyl/N-ethyl adjacent to an activating group) is 1. The second kappa shape index (κ2) is 6.81. The quantitative estimate of drug-likeness (QED) is 0.600. The lowest BCUT2D eigenvalue weighted by Crippen LogP contribution is -2.35. The maximum Gasteiger partial charge on any atom is 0.236 e. The summed E-state index contributed by atoms with van der Waals surface area (Å²) in [5, 5.41) is 2.94. The summed E-state index contributed by atoms with van der Waals surface area (Å²) in [6, 6.07) is 6.14. The topological polar surface area (TPSA) is 32.3 Å². The van der Waals surface area contributed by atoms with Crippen molar-refractivity contribution >= 4 is 5.91 Å². The summed E-state index contributed by atoms with van der Waals surface area (Å²) in [6.07, 6.45) is 1.70. The zero-order valence-electron chi connectivity index (χ0n) is 9.95. The van der Waals surface area contributed by atoms with Gasteiger partial charge < -0.3 is 10.2 Å². The average Bonchev–Trinajstić information content (AvgIpc) is 2.32. The minimum absolute atomic E-state index is 0.00354. The first-order valence-electron chi connectivity index (χ1n) is 5.43. The van der Waals surface area contributed by atoms with Gasteiger partial charge in [-0.3, -0.25) is 4.79 Å². The van der Waals surface area contributed by atoms with Crippen molar-refractivity contribution < 1.29 is 9.18 Å². The molecule has 0 bridgehead atoms. The van der Waals surface area contributed by atoms with Crippen LogP contribution >= 0.6 is 0 Å². The predicted molar refractivity (Wildman–Crippen MR) is 65.9 cm³/mol. The lowest BCUT2D eigenvalue weighted by atomic mass is 10.2. The fourth-order valence-corrected chi connectivity index (χ4v) is 1.37. The van der Waals surface area contributed by atoms with E-state index >= 15 is 0 Å². The molecule has 0 heterocycles. The van der Waals surface area contributed by atoms with E-state index in [0.717, 1.165) is 5.56 Å². The maximum atomic E-state index is 12.7. The van der Waals surface area contributed by atoms with Gasteiger partial charge in [-0.25, -0.2) is 4.39 Å². The second-order valence-corrected chi connectivity index (χ2v) is 3.80. The smallest absolute Gasteiger partial charge is 0.236 e. The van der Waals surface area contributed by atoms with Gasteiger partial charge in [0.25, 0.3) is 0 Å². The second-order valence-electron chi connectivity index (χ2n) is 3.80. The monoisotopic (exact) mass is 236 g/mol. The van der Waals surface area contributed by atoms with Gasteiger partial charge in [0.1, 0.15) is 5.82 Å². The molecule has 1 aromatic carbocycles. The Labute approximate surface area is 101 Å². The molecule has 3 nitrogen and oxygen atoms in total. The molecule has 0 fully saturated rings. The van der Waals surface area contributed by atoms with Gasteiger partial charge in [0.2, 0.25) is 5.91 Å². The number of rotatable bonds is 6. The molecule has 1 amide bonds. The Kier molecular flexibility index (Phi) is 5.36. The van der Waals surface area contributed by atoms with Crippen LogP contribution < -0.4 is 5.32 Å². The minimum atomic E-state index is -0.268.